The third kappa shape index (κ3) is 2.30. The number of aryl methyl sites for hydroxylation is 1. The van der Waals surface area contributed by atoms with Crippen molar-refractivity contribution in [3.8, 4) is 10.4 Å². The molecule has 0 aliphatic rings. The van der Waals surface area contributed by atoms with Crippen LogP contribution in [0.15, 0.2) is 24.3 Å². The Morgan fingerprint density at radius 3 is 2.76 bits per heavy atom. The van der Waals surface area contributed by atoms with Gasteiger partial charge in [-0.25, -0.2) is 4.79 Å². The monoisotopic (exact) mass is 265 g/mol. The summed E-state index contributed by atoms with van der Waals surface area (Å²) in [6, 6.07) is 7.87. The van der Waals surface area contributed by atoms with Crippen LogP contribution in [0.25, 0.3) is 10.4 Å². The molecule has 88 valence electrons. The van der Waals surface area contributed by atoms with E-state index in [1.165, 1.54) is 18.4 Å². The van der Waals surface area contributed by atoms with Crippen LogP contribution in [0.4, 0.5) is 0 Å². The van der Waals surface area contributed by atoms with Crippen molar-refractivity contribution in [2.75, 3.05) is 7.11 Å². The molecule has 0 bridgehead atoms. The van der Waals surface area contributed by atoms with Crippen LogP contribution in [-0.4, -0.2) is 18.1 Å². The second-order valence-electron chi connectivity index (χ2n) is 3.53. The maximum Gasteiger partial charge on any atom is 0.356 e. The zero-order valence-corrected chi connectivity index (χ0v) is 11.1. The molecule has 0 fully saturated rings. The average molecular weight is 265 g/mol. The number of aromatic nitrogens is 1. The highest BCUT2D eigenvalue weighted by molar-refractivity contribution is 7.73. The fourth-order valence-corrected chi connectivity index (χ4v) is 2.86. The predicted molar refractivity (Wildman–Crippen MR) is 71.0 cm³/mol. The average Bonchev–Trinajstić information content (AvgIpc) is 2.71. The Morgan fingerprint density at radius 1 is 1.41 bits per heavy atom. The van der Waals surface area contributed by atoms with Crippen LogP contribution in [0.1, 0.15) is 16.1 Å². The minimum atomic E-state index is -0.393. The van der Waals surface area contributed by atoms with E-state index in [2.05, 4.69) is 4.98 Å². The zero-order valence-electron chi connectivity index (χ0n) is 9.44. The van der Waals surface area contributed by atoms with Crippen LogP contribution in [0.5, 0.6) is 0 Å². The third-order valence-corrected chi connectivity index (χ3v) is 3.70. The quantitative estimate of drug-likeness (QED) is 0.666. The van der Waals surface area contributed by atoms with Crippen LogP contribution in [0.3, 0.4) is 0 Å². The van der Waals surface area contributed by atoms with Crippen molar-refractivity contribution in [2.45, 2.75) is 6.92 Å². The Balaban J connectivity index is 2.64. The second kappa shape index (κ2) is 4.81. The zero-order chi connectivity index (χ0) is 12.4. The van der Waals surface area contributed by atoms with Crippen LogP contribution in [0, 0.1) is 10.9 Å². The van der Waals surface area contributed by atoms with E-state index in [0.29, 0.717) is 9.65 Å². The molecule has 0 atom stereocenters. The van der Waals surface area contributed by atoms with Crippen LogP contribution < -0.4 is 0 Å². The van der Waals surface area contributed by atoms with Crippen molar-refractivity contribution >= 4 is 29.5 Å². The van der Waals surface area contributed by atoms with Crippen LogP contribution in [0.2, 0.25) is 0 Å². The lowest BCUT2D eigenvalue weighted by molar-refractivity contribution is 0.0596. The minimum absolute atomic E-state index is 0.393. The summed E-state index contributed by atoms with van der Waals surface area (Å²) in [5, 5.41) is 0. The Hall–Kier alpha value is -1.46. The number of esters is 1. The topological polar surface area (TPSA) is 42.1 Å². The normalized spacial score (nSPS) is 10.2. The molecule has 3 nitrogen and oxygen atoms in total. The molecule has 0 amide bonds. The molecule has 2 aromatic rings. The first kappa shape index (κ1) is 12.0. The molecule has 0 spiro atoms. The second-order valence-corrected chi connectivity index (χ2v) is 5.21. The number of hydrogen-bond donors (Lipinski definition) is 1. The van der Waals surface area contributed by atoms with Crippen LogP contribution in [-0.2, 0) is 4.74 Å². The lowest BCUT2D eigenvalue weighted by Crippen LogP contribution is -2.03. The lowest BCUT2D eigenvalue weighted by Gasteiger charge is -2.04. The van der Waals surface area contributed by atoms with Crippen LogP contribution >= 0.6 is 23.6 Å². The van der Waals surface area contributed by atoms with E-state index < -0.39 is 5.97 Å². The predicted octanol–water partition coefficient (Wildman–Crippen LogP) is 3.57. The summed E-state index contributed by atoms with van der Waals surface area (Å²) in [7, 11) is 1.36. The van der Waals surface area contributed by atoms with Gasteiger partial charge in [-0.1, -0.05) is 24.3 Å². The van der Waals surface area contributed by atoms with Crippen molar-refractivity contribution in [1.29, 1.82) is 0 Å². The molecule has 1 heterocycles. The largest absolute Gasteiger partial charge is 0.464 e. The summed E-state index contributed by atoms with van der Waals surface area (Å²) in [4.78, 5) is 15.4. The molecule has 0 saturated heterocycles. The molecule has 1 aromatic carbocycles. The first-order valence-corrected chi connectivity index (χ1v) is 6.23. The van der Waals surface area contributed by atoms with Gasteiger partial charge < -0.3 is 9.72 Å². The minimum Gasteiger partial charge on any atom is -0.464 e. The van der Waals surface area contributed by atoms with E-state index in [1.54, 1.807) is 0 Å². The maximum absolute atomic E-state index is 11.6. The lowest BCUT2D eigenvalue weighted by atomic mass is 10.1. The highest BCUT2D eigenvalue weighted by atomic mass is 32.1. The summed E-state index contributed by atoms with van der Waals surface area (Å²) in [6.45, 7) is 2.00. The standard InChI is InChI=1S/C12H11NO2S2/c1-7-5-3-4-6-8(7)10-9(11(14)15-2)13-12(16)17-10/h3-6H,1-2H3,(H,13,16). The van der Waals surface area contributed by atoms with Gasteiger partial charge in [-0.15, -0.1) is 11.3 Å². The van der Waals surface area contributed by atoms with Crippen molar-refractivity contribution < 1.29 is 9.53 Å². The van der Waals surface area contributed by atoms with Gasteiger partial charge in [-0.3, -0.25) is 0 Å². The molecular formula is C12H11NO2S2. The van der Waals surface area contributed by atoms with Gasteiger partial charge in [0.1, 0.15) is 5.69 Å². The van der Waals surface area contributed by atoms with E-state index in [-0.39, 0.29) is 0 Å². The molecule has 2 rings (SSSR count). The number of aromatic amines is 1. The summed E-state index contributed by atoms with van der Waals surface area (Å²) in [6.07, 6.45) is 0. The molecule has 0 unspecified atom stereocenters. The molecule has 0 aliphatic carbocycles. The summed E-state index contributed by atoms with van der Waals surface area (Å²) in [5.41, 5.74) is 2.53. The molecule has 0 aliphatic heterocycles. The van der Waals surface area contributed by atoms with Crippen molar-refractivity contribution in [1.82, 2.24) is 4.98 Å². The maximum atomic E-state index is 11.6. The summed E-state index contributed by atoms with van der Waals surface area (Å²) >= 11 is 6.47. The number of hydrogen-bond acceptors (Lipinski definition) is 4. The molecular weight excluding hydrogens is 254 g/mol. The van der Waals surface area contributed by atoms with E-state index in [1.807, 2.05) is 31.2 Å². The van der Waals surface area contributed by atoms with Gasteiger partial charge >= 0.3 is 5.97 Å². The van der Waals surface area contributed by atoms with Gasteiger partial charge in [0.15, 0.2) is 3.95 Å². The Bertz CT molecular complexity index is 613. The van der Waals surface area contributed by atoms with E-state index >= 15 is 0 Å². The smallest absolute Gasteiger partial charge is 0.356 e. The van der Waals surface area contributed by atoms with E-state index in [9.17, 15) is 4.79 Å². The number of nitrogens with one attached hydrogen (secondary N) is 1. The molecule has 1 N–H and O–H groups in total. The first-order chi connectivity index (χ1) is 8.13. The molecule has 5 heteroatoms. The summed E-state index contributed by atoms with van der Waals surface area (Å²) < 4.78 is 5.31. The van der Waals surface area contributed by atoms with Gasteiger partial charge in [0, 0.05) is 0 Å². The van der Waals surface area contributed by atoms with Gasteiger partial charge in [-0.2, -0.15) is 0 Å². The number of methoxy groups -OCH3 is 1. The number of H-pyrrole nitrogens is 1. The van der Waals surface area contributed by atoms with Gasteiger partial charge in [-0.05, 0) is 30.3 Å². The number of rotatable bonds is 2. The highest BCUT2D eigenvalue weighted by Crippen LogP contribution is 2.31. The fraction of sp³-hybridized carbons (Fsp3) is 0.167. The summed E-state index contributed by atoms with van der Waals surface area (Å²) in [5.74, 6) is -0.393. The number of ether oxygens (including phenoxy) is 1. The van der Waals surface area contributed by atoms with E-state index in [0.717, 1.165) is 16.0 Å². The number of carbonyl (C=O) groups excluding carboxylic acids is 1. The molecule has 1 aromatic heterocycles. The Labute approximate surface area is 108 Å². The Kier molecular flexibility index (Phi) is 3.40. The fourth-order valence-electron chi connectivity index (χ4n) is 1.59. The van der Waals surface area contributed by atoms with Crippen molar-refractivity contribution in [3.05, 3.63) is 39.5 Å². The number of benzene rings is 1. The Morgan fingerprint density at radius 2 is 2.12 bits per heavy atom. The third-order valence-electron chi connectivity index (χ3n) is 2.43. The van der Waals surface area contributed by atoms with Gasteiger partial charge in [0.25, 0.3) is 0 Å². The first-order valence-electron chi connectivity index (χ1n) is 5.01. The SMILES string of the molecule is COC(=O)c1[nH]c(=S)sc1-c1ccccc1C. The number of thiazole rings is 1. The number of carbonyl (C=O) groups is 1. The van der Waals surface area contributed by atoms with Gasteiger partial charge in [0.05, 0.1) is 12.0 Å². The molecule has 17 heavy (non-hydrogen) atoms. The highest BCUT2D eigenvalue weighted by Gasteiger charge is 2.17. The molecule has 0 radical (unpaired) electrons. The van der Waals surface area contributed by atoms with E-state index in [4.69, 9.17) is 17.0 Å². The van der Waals surface area contributed by atoms with Crippen molar-refractivity contribution in [2.24, 2.45) is 0 Å². The van der Waals surface area contributed by atoms with Crippen molar-refractivity contribution in [3.63, 3.8) is 0 Å². The molecule has 0 saturated carbocycles. The van der Waals surface area contributed by atoms with Gasteiger partial charge in [0.2, 0.25) is 0 Å².